The van der Waals surface area contributed by atoms with Gasteiger partial charge in [0.05, 0.1) is 0 Å². The molecule has 106 valence electrons. The van der Waals surface area contributed by atoms with Gasteiger partial charge < -0.3 is 10.6 Å². The molecule has 2 nitrogen and oxygen atoms in total. The molecule has 2 rings (SSSR count). The molecule has 2 heteroatoms. The third-order valence-corrected chi connectivity index (χ3v) is 3.99. The second kappa shape index (κ2) is 7.54. The average Bonchev–Trinajstić information content (AvgIpc) is 2.90. The van der Waals surface area contributed by atoms with Crippen molar-refractivity contribution in [1.82, 2.24) is 5.32 Å². The topological polar surface area (TPSA) is 24.1 Å². The smallest absolute Gasteiger partial charge is 0.0342 e. The highest BCUT2D eigenvalue weighted by atomic mass is 15.0. The Bertz CT molecular complexity index is 352. The lowest BCUT2D eigenvalue weighted by molar-refractivity contribution is 0.523. The van der Waals surface area contributed by atoms with Crippen molar-refractivity contribution in [2.75, 3.05) is 11.9 Å². The number of nitrogens with one attached hydrogen (secondary N) is 2. The summed E-state index contributed by atoms with van der Waals surface area (Å²) in [5, 5.41) is 7.18. The van der Waals surface area contributed by atoms with E-state index in [1.165, 1.54) is 56.3 Å². The van der Waals surface area contributed by atoms with E-state index in [0.29, 0.717) is 12.1 Å². The van der Waals surface area contributed by atoms with E-state index in [2.05, 4.69) is 48.7 Å². The minimum atomic E-state index is 0.539. The maximum atomic E-state index is 3.61. The van der Waals surface area contributed by atoms with Gasteiger partial charge in [-0.25, -0.2) is 0 Å². The molecule has 0 aliphatic carbocycles. The van der Waals surface area contributed by atoms with Gasteiger partial charge in [0.2, 0.25) is 0 Å². The molecule has 1 aliphatic rings. The van der Waals surface area contributed by atoms with Crippen LogP contribution in [-0.4, -0.2) is 18.6 Å². The molecule has 0 aromatic heterocycles. The van der Waals surface area contributed by atoms with E-state index in [9.17, 15) is 0 Å². The second-order valence-corrected chi connectivity index (χ2v) is 5.87. The molecule has 1 heterocycles. The minimum absolute atomic E-state index is 0.539. The van der Waals surface area contributed by atoms with Crippen molar-refractivity contribution in [3.05, 3.63) is 29.8 Å². The van der Waals surface area contributed by atoms with Crippen molar-refractivity contribution >= 4 is 5.69 Å². The van der Waals surface area contributed by atoms with E-state index < -0.39 is 0 Å². The van der Waals surface area contributed by atoms with Gasteiger partial charge in [-0.2, -0.15) is 0 Å². The molecule has 2 atom stereocenters. The van der Waals surface area contributed by atoms with Gasteiger partial charge in [-0.3, -0.25) is 0 Å². The zero-order valence-electron chi connectivity index (χ0n) is 12.4. The van der Waals surface area contributed by atoms with E-state index in [1.54, 1.807) is 0 Å². The Kier molecular flexibility index (Phi) is 5.71. The zero-order valence-corrected chi connectivity index (χ0v) is 12.4. The molecule has 0 radical (unpaired) electrons. The van der Waals surface area contributed by atoms with Gasteiger partial charge in [-0.15, -0.1) is 0 Å². The fraction of sp³-hybridized carbons (Fsp3) is 0.647. The Hall–Kier alpha value is -1.02. The third kappa shape index (κ3) is 4.87. The van der Waals surface area contributed by atoms with Crippen LogP contribution in [0.5, 0.6) is 0 Å². The summed E-state index contributed by atoms with van der Waals surface area (Å²) in [6.45, 7) is 5.73. The summed E-state index contributed by atoms with van der Waals surface area (Å²) in [6, 6.07) is 10.2. The van der Waals surface area contributed by atoms with Gasteiger partial charge >= 0.3 is 0 Å². The van der Waals surface area contributed by atoms with Crippen LogP contribution in [0.3, 0.4) is 0 Å². The fourth-order valence-corrected chi connectivity index (χ4v) is 2.88. The maximum Gasteiger partial charge on any atom is 0.0342 e. The summed E-state index contributed by atoms with van der Waals surface area (Å²) in [5.74, 6) is 0. The summed E-state index contributed by atoms with van der Waals surface area (Å²) in [5.41, 5.74) is 2.71. The van der Waals surface area contributed by atoms with Crippen molar-refractivity contribution in [1.29, 1.82) is 0 Å². The Morgan fingerprint density at radius 2 is 2.11 bits per heavy atom. The highest BCUT2D eigenvalue weighted by Gasteiger charge is 2.16. The van der Waals surface area contributed by atoms with E-state index in [0.717, 1.165) is 0 Å². The molecule has 1 aromatic carbocycles. The molecule has 0 spiro atoms. The largest absolute Gasteiger partial charge is 0.383 e. The van der Waals surface area contributed by atoms with Crippen LogP contribution in [0.25, 0.3) is 0 Å². The third-order valence-electron chi connectivity index (χ3n) is 3.99. The van der Waals surface area contributed by atoms with Gasteiger partial charge in [0, 0.05) is 17.8 Å². The van der Waals surface area contributed by atoms with Crippen LogP contribution in [0.4, 0.5) is 5.69 Å². The summed E-state index contributed by atoms with van der Waals surface area (Å²) in [4.78, 5) is 0. The summed E-state index contributed by atoms with van der Waals surface area (Å²) < 4.78 is 0. The Morgan fingerprint density at radius 1 is 1.32 bits per heavy atom. The van der Waals surface area contributed by atoms with Crippen molar-refractivity contribution in [3.63, 3.8) is 0 Å². The summed E-state index contributed by atoms with van der Waals surface area (Å²) in [7, 11) is 0. The van der Waals surface area contributed by atoms with Crippen LogP contribution >= 0.6 is 0 Å². The summed E-state index contributed by atoms with van der Waals surface area (Å²) in [6.07, 6.45) is 7.66. The number of benzene rings is 1. The molecule has 1 aliphatic heterocycles. The Balaban J connectivity index is 1.77. The molecule has 0 bridgehead atoms. The molecule has 1 aromatic rings. The number of hydrogen-bond acceptors (Lipinski definition) is 2. The van der Waals surface area contributed by atoms with E-state index in [4.69, 9.17) is 0 Å². The quantitative estimate of drug-likeness (QED) is 0.775. The minimum Gasteiger partial charge on any atom is -0.383 e. The van der Waals surface area contributed by atoms with E-state index >= 15 is 0 Å². The maximum absolute atomic E-state index is 3.61. The van der Waals surface area contributed by atoms with Crippen LogP contribution in [0.2, 0.25) is 0 Å². The van der Waals surface area contributed by atoms with Gasteiger partial charge in [-0.05, 0) is 63.3 Å². The monoisotopic (exact) mass is 260 g/mol. The molecular weight excluding hydrogens is 232 g/mol. The highest BCUT2D eigenvalue weighted by Crippen LogP contribution is 2.16. The first-order chi connectivity index (χ1) is 9.28. The van der Waals surface area contributed by atoms with Crippen LogP contribution in [-0.2, 0) is 6.42 Å². The van der Waals surface area contributed by atoms with E-state index in [1.807, 2.05) is 0 Å². The predicted octanol–water partition coefficient (Wildman–Crippen LogP) is 3.97. The predicted molar refractivity (Wildman–Crippen MR) is 83.8 cm³/mol. The van der Waals surface area contributed by atoms with Crippen molar-refractivity contribution < 1.29 is 0 Å². The molecule has 0 amide bonds. The van der Waals surface area contributed by atoms with Crippen LogP contribution in [0, 0.1) is 0 Å². The number of rotatable bonds is 7. The summed E-state index contributed by atoms with van der Waals surface area (Å²) >= 11 is 0. The number of hydrogen-bond donors (Lipinski definition) is 2. The normalized spacial score (nSPS) is 20.4. The average molecular weight is 260 g/mol. The zero-order chi connectivity index (χ0) is 13.5. The number of anilines is 1. The lowest BCUT2D eigenvalue weighted by Crippen LogP contribution is -2.29. The molecule has 19 heavy (non-hydrogen) atoms. The first-order valence-electron chi connectivity index (χ1n) is 7.87. The van der Waals surface area contributed by atoms with Gasteiger partial charge in [-0.1, -0.05) is 25.5 Å². The molecular formula is C17H28N2. The lowest BCUT2D eigenvalue weighted by Gasteiger charge is -2.19. The molecule has 0 saturated carbocycles. The van der Waals surface area contributed by atoms with Gasteiger partial charge in [0.25, 0.3) is 0 Å². The first kappa shape index (κ1) is 14.4. The van der Waals surface area contributed by atoms with Gasteiger partial charge in [0.15, 0.2) is 0 Å². The Morgan fingerprint density at radius 3 is 2.74 bits per heavy atom. The highest BCUT2D eigenvalue weighted by molar-refractivity contribution is 5.45. The van der Waals surface area contributed by atoms with E-state index in [-0.39, 0.29) is 0 Å². The van der Waals surface area contributed by atoms with Crippen LogP contribution in [0.1, 0.15) is 51.5 Å². The number of aryl methyl sites for hydroxylation is 1. The standard InChI is InChI=1S/C17H28N2/c1-3-4-6-15-8-10-16(11-9-15)19-14(2)13-17-7-5-12-18-17/h8-11,14,17-19H,3-7,12-13H2,1-2H3. The van der Waals surface area contributed by atoms with Crippen molar-refractivity contribution in [2.45, 2.75) is 64.5 Å². The fourth-order valence-electron chi connectivity index (χ4n) is 2.88. The van der Waals surface area contributed by atoms with Gasteiger partial charge in [0.1, 0.15) is 0 Å². The lowest BCUT2D eigenvalue weighted by atomic mass is 10.1. The first-order valence-corrected chi connectivity index (χ1v) is 7.87. The second-order valence-electron chi connectivity index (χ2n) is 5.87. The van der Waals surface area contributed by atoms with Crippen molar-refractivity contribution in [2.24, 2.45) is 0 Å². The van der Waals surface area contributed by atoms with Crippen molar-refractivity contribution in [3.8, 4) is 0 Å². The molecule has 1 fully saturated rings. The molecule has 2 N–H and O–H groups in total. The van der Waals surface area contributed by atoms with Crippen LogP contribution in [0.15, 0.2) is 24.3 Å². The number of unbranched alkanes of at least 4 members (excludes halogenated alkanes) is 1. The molecule has 1 saturated heterocycles. The van der Waals surface area contributed by atoms with Crippen LogP contribution < -0.4 is 10.6 Å². The SMILES string of the molecule is CCCCc1ccc(NC(C)CC2CCCN2)cc1. The molecule has 2 unspecified atom stereocenters. The Labute approximate surface area is 118 Å².